The summed E-state index contributed by atoms with van der Waals surface area (Å²) in [6, 6.07) is 12.9. The van der Waals surface area contributed by atoms with Crippen LogP contribution >= 0.6 is 11.8 Å². The van der Waals surface area contributed by atoms with E-state index in [9.17, 15) is 9.18 Å². The van der Waals surface area contributed by atoms with Crippen LogP contribution < -0.4 is 9.47 Å². The van der Waals surface area contributed by atoms with Crippen LogP contribution in [0.4, 0.5) is 4.39 Å². The highest BCUT2D eigenvalue weighted by atomic mass is 32.2. The highest BCUT2D eigenvalue weighted by molar-refractivity contribution is 7.99. The molecule has 1 heterocycles. The van der Waals surface area contributed by atoms with Crippen LogP contribution in [0.15, 0.2) is 66.3 Å². The van der Waals surface area contributed by atoms with Crippen LogP contribution in [0.25, 0.3) is 0 Å². The lowest BCUT2D eigenvalue weighted by Gasteiger charge is -2.10. The average Bonchev–Trinajstić information content (AvgIpc) is 3.13. The number of hydrogen-bond acceptors (Lipinski definition) is 6. The molecule has 0 unspecified atom stereocenters. The van der Waals surface area contributed by atoms with E-state index in [1.807, 2.05) is 10.6 Å². The van der Waals surface area contributed by atoms with Crippen molar-refractivity contribution in [2.75, 3.05) is 12.9 Å². The molecule has 0 radical (unpaired) electrons. The fraction of sp³-hybridized carbons (Fsp3) is 0.190. The standard InChI is InChI=1S/C21H20FN3O3S/c1-3-12-25-20(13-28-16-10-8-15(22)9-11-16)23-24-21(25)29-14-18(26)17-6-4-5-7-19(17)27-2/h3-11H,1,12-14H2,2H3. The second-order valence-corrected chi connectivity index (χ2v) is 6.90. The molecule has 8 heteroatoms. The Morgan fingerprint density at radius 2 is 1.97 bits per heavy atom. The number of hydrogen-bond donors (Lipinski definition) is 0. The maximum atomic E-state index is 13.0. The van der Waals surface area contributed by atoms with E-state index in [0.717, 1.165) is 0 Å². The number of nitrogens with zero attached hydrogens (tertiary/aromatic N) is 3. The van der Waals surface area contributed by atoms with Crippen molar-refractivity contribution in [3.63, 3.8) is 0 Å². The van der Waals surface area contributed by atoms with Crippen molar-refractivity contribution >= 4 is 17.5 Å². The molecular weight excluding hydrogens is 393 g/mol. The second-order valence-electron chi connectivity index (χ2n) is 5.95. The molecule has 2 aromatic carbocycles. The van der Waals surface area contributed by atoms with Gasteiger partial charge in [0.25, 0.3) is 0 Å². The van der Waals surface area contributed by atoms with Gasteiger partial charge in [0.1, 0.15) is 23.9 Å². The minimum Gasteiger partial charge on any atom is -0.496 e. The average molecular weight is 413 g/mol. The van der Waals surface area contributed by atoms with Crippen molar-refractivity contribution in [1.82, 2.24) is 14.8 Å². The lowest BCUT2D eigenvalue weighted by Crippen LogP contribution is -2.09. The van der Waals surface area contributed by atoms with Crippen LogP contribution in [-0.4, -0.2) is 33.4 Å². The summed E-state index contributed by atoms with van der Waals surface area (Å²) >= 11 is 1.28. The molecule has 0 bridgehead atoms. The number of ether oxygens (including phenoxy) is 2. The molecule has 0 aliphatic rings. The number of halogens is 1. The maximum absolute atomic E-state index is 13.0. The number of carbonyl (C=O) groups is 1. The summed E-state index contributed by atoms with van der Waals surface area (Å²) in [5, 5.41) is 8.92. The molecule has 150 valence electrons. The van der Waals surface area contributed by atoms with E-state index in [2.05, 4.69) is 16.8 Å². The number of ketones is 1. The number of Topliss-reactive ketones (excluding diaryl/α,β-unsaturated/α-hetero) is 1. The van der Waals surface area contributed by atoms with E-state index in [0.29, 0.717) is 34.6 Å². The van der Waals surface area contributed by atoms with Gasteiger partial charge < -0.3 is 9.47 Å². The normalized spacial score (nSPS) is 10.6. The third-order valence-corrected chi connectivity index (χ3v) is 4.99. The molecule has 0 fully saturated rings. The van der Waals surface area contributed by atoms with Gasteiger partial charge in [0.15, 0.2) is 16.8 Å². The predicted molar refractivity (Wildman–Crippen MR) is 109 cm³/mol. The Hall–Kier alpha value is -3.13. The van der Waals surface area contributed by atoms with Crippen LogP contribution in [-0.2, 0) is 13.2 Å². The lowest BCUT2D eigenvalue weighted by atomic mass is 10.1. The number of allylic oxidation sites excluding steroid dienone is 1. The lowest BCUT2D eigenvalue weighted by molar-refractivity contribution is 0.101. The van der Waals surface area contributed by atoms with E-state index in [-0.39, 0.29) is 24.0 Å². The minimum absolute atomic E-state index is 0.0651. The zero-order chi connectivity index (χ0) is 20.6. The molecule has 29 heavy (non-hydrogen) atoms. The van der Waals surface area contributed by atoms with Crippen LogP contribution in [0.2, 0.25) is 0 Å². The predicted octanol–water partition coefficient (Wildman–Crippen LogP) is 4.17. The minimum atomic E-state index is -0.328. The van der Waals surface area contributed by atoms with E-state index in [1.54, 1.807) is 36.4 Å². The van der Waals surface area contributed by atoms with Crippen LogP contribution in [0, 0.1) is 5.82 Å². The molecule has 0 spiro atoms. The number of methoxy groups -OCH3 is 1. The number of carbonyl (C=O) groups excluding carboxylic acids is 1. The number of rotatable bonds is 10. The summed E-state index contributed by atoms with van der Waals surface area (Å²) in [5.41, 5.74) is 0.525. The van der Waals surface area contributed by atoms with Crippen LogP contribution in [0.5, 0.6) is 11.5 Å². The van der Waals surface area contributed by atoms with Crippen molar-refractivity contribution in [1.29, 1.82) is 0 Å². The van der Waals surface area contributed by atoms with Crippen LogP contribution in [0.3, 0.4) is 0 Å². The van der Waals surface area contributed by atoms with Gasteiger partial charge in [-0.25, -0.2) is 4.39 Å². The molecule has 3 rings (SSSR count). The van der Waals surface area contributed by atoms with Gasteiger partial charge in [0.2, 0.25) is 0 Å². The largest absolute Gasteiger partial charge is 0.496 e. The molecular formula is C21H20FN3O3S. The summed E-state index contributed by atoms with van der Waals surface area (Å²) in [6.07, 6.45) is 1.72. The monoisotopic (exact) mass is 413 g/mol. The number of thioether (sulfide) groups is 1. The third-order valence-electron chi connectivity index (χ3n) is 4.03. The first-order chi connectivity index (χ1) is 14.1. The van der Waals surface area contributed by atoms with Gasteiger partial charge in [-0.05, 0) is 36.4 Å². The van der Waals surface area contributed by atoms with Gasteiger partial charge in [0, 0.05) is 6.54 Å². The number of para-hydroxylation sites is 1. The fourth-order valence-corrected chi connectivity index (χ4v) is 3.46. The fourth-order valence-electron chi connectivity index (χ4n) is 2.61. The van der Waals surface area contributed by atoms with Gasteiger partial charge in [-0.3, -0.25) is 9.36 Å². The molecule has 0 saturated carbocycles. The Bertz CT molecular complexity index is 989. The second kappa shape index (κ2) is 9.88. The van der Waals surface area contributed by atoms with Gasteiger partial charge in [0.05, 0.1) is 18.4 Å². The topological polar surface area (TPSA) is 66.2 Å². The quantitative estimate of drug-likeness (QED) is 0.282. The number of aromatic nitrogens is 3. The zero-order valence-corrected chi connectivity index (χ0v) is 16.7. The first-order valence-electron chi connectivity index (χ1n) is 8.82. The Labute approximate surface area is 172 Å². The molecule has 3 aromatic rings. The summed E-state index contributed by atoms with van der Waals surface area (Å²) in [4.78, 5) is 12.6. The molecule has 0 aliphatic heterocycles. The van der Waals surface area contributed by atoms with Gasteiger partial charge in [-0.15, -0.1) is 16.8 Å². The molecule has 0 N–H and O–H groups in total. The van der Waals surface area contributed by atoms with Crippen molar-refractivity contribution in [3.8, 4) is 11.5 Å². The van der Waals surface area contributed by atoms with E-state index in [1.165, 1.54) is 31.0 Å². The van der Waals surface area contributed by atoms with Gasteiger partial charge in [-0.1, -0.05) is 30.0 Å². The van der Waals surface area contributed by atoms with Crippen molar-refractivity contribution in [2.45, 2.75) is 18.3 Å². The zero-order valence-electron chi connectivity index (χ0n) is 15.9. The smallest absolute Gasteiger partial charge is 0.192 e. The van der Waals surface area contributed by atoms with Crippen molar-refractivity contribution < 1.29 is 18.7 Å². The molecule has 0 amide bonds. The summed E-state index contributed by atoms with van der Waals surface area (Å²) in [7, 11) is 1.54. The number of benzene rings is 2. The Morgan fingerprint density at radius 1 is 1.21 bits per heavy atom. The van der Waals surface area contributed by atoms with E-state index < -0.39 is 0 Å². The van der Waals surface area contributed by atoms with E-state index in [4.69, 9.17) is 9.47 Å². The SMILES string of the molecule is C=CCn1c(COc2ccc(F)cc2)nnc1SCC(=O)c1ccccc1OC. The summed E-state index contributed by atoms with van der Waals surface area (Å²) in [6.45, 7) is 4.39. The molecule has 0 aliphatic carbocycles. The molecule has 6 nitrogen and oxygen atoms in total. The van der Waals surface area contributed by atoms with Gasteiger partial charge in [-0.2, -0.15) is 0 Å². The highest BCUT2D eigenvalue weighted by Crippen LogP contribution is 2.23. The first kappa shape index (κ1) is 20.6. The Balaban J connectivity index is 1.68. The van der Waals surface area contributed by atoms with Crippen molar-refractivity contribution in [3.05, 3.63) is 78.4 Å². The van der Waals surface area contributed by atoms with E-state index >= 15 is 0 Å². The molecule has 0 atom stereocenters. The van der Waals surface area contributed by atoms with Crippen molar-refractivity contribution in [2.24, 2.45) is 0 Å². The summed E-state index contributed by atoms with van der Waals surface area (Å²) in [5.74, 6) is 1.45. The molecule has 1 aromatic heterocycles. The highest BCUT2D eigenvalue weighted by Gasteiger charge is 2.16. The van der Waals surface area contributed by atoms with Crippen LogP contribution in [0.1, 0.15) is 16.2 Å². The third kappa shape index (κ3) is 5.23. The Morgan fingerprint density at radius 3 is 2.69 bits per heavy atom. The van der Waals surface area contributed by atoms with Gasteiger partial charge >= 0.3 is 0 Å². The first-order valence-corrected chi connectivity index (χ1v) is 9.81. The maximum Gasteiger partial charge on any atom is 0.192 e. The molecule has 0 saturated heterocycles. The Kier molecular flexibility index (Phi) is 7.02. The summed E-state index contributed by atoms with van der Waals surface area (Å²) < 4.78 is 25.7.